The zero-order valence-corrected chi connectivity index (χ0v) is 12.3. The molecule has 0 radical (unpaired) electrons. The summed E-state index contributed by atoms with van der Waals surface area (Å²) >= 11 is 3.01. The number of aromatic amines is 1. The SMILES string of the molecule is NCCc1cc(=O)[nH]c(-c2ccc(Br)cc2C(F)(F)F)n1. The Bertz CT molecular complexity index is 713. The summed E-state index contributed by atoms with van der Waals surface area (Å²) in [5.74, 6) is -0.120. The maximum Gasteiger partial charge on any atom is 0.417 e. The second-order valence-corrected chi connectivity index (χ2v) is 5.23. The molecule has 112 valence electrons. The number of alkyl halides is 3. The smallest absolute Gasteiger partial charge is 0.330 e. The molecule has 8 heteroatoms. The number of nitrogens with zero attached hydrogens (tertiary/aromatic N) is 1. The van der Waals surface area contributed by atoms with Crippen molar-refractivity contribution in [3.05, 3.63) is 50.3 Å². The molecule has 0 fully saturated rings. The summed E-state index contributed by atoms with van der Waals surface area (Å²) in [5.41, 5.74) is 4.17. The second kappa shape index (κ2) is 5.98. The quantitative estimate of drug-likeness (QED) is 0.882. The van der Waals surface area contributed by atoms with Crippen molar-refractivity contribution in [3.8, 4) is 11.4 Å². The Kier molecular flexibility index (Phi) is 4.48. The summed E-state index contributed by atoms with van der Waals surface area (Å²) in [5, 5.41) is 0. The van der Waals surface area contributed by atoms with Crippen LogP contribution in [0.25, 0.3) is 11.4 Å². The number of H-pyrrole nitrogens is 1. The van der Waals surface area contributed by atoms with Gasteiger partial charge in [-0.25, -0.2) is 4.98 Å². The highest BCUT2D eigenvalue weighted by molar-refractivity contribution is 9.10. The number of nitrogens with two attached hydrogens (primary N) is 1. The zero-order valence-electron chi connectivity index (χ0n) is 10.7. The van der Waals surface area contributed by atoms with Crippen LogP contribution in [0.4, 0.5) is 13.2 Å². The molecule has 4 nitrogen and oxygen atoms in total. The molecule has 0 bridgehead atoms. The minimum atomic E-state index is -4.55. The highest BCUT2D eigenvalue weighted by atomic mass is 79.9. The van der Waals surface area contributed by atoms with Crippen LogP contribution < -0.4 is 11.3 Å². The Hall–Kier alpha value is -1.67. The molecule has 21 heavy (non-hydrogen) atoms. The van der Waals surface area contributed by atoms with Crippen LogP contribution in [0.5, 0.6) is 0 Å². The molecule has 2 rings (SSSR count). The maximum absolute atomic E-state index is 13.1. The lowest BCUT2D eigenvalue weighted by atomic mass is 10.1. The summed E-state index contributed by atoms with van der Waals surface area (Å²) in [6.45, 7) is 0.252. The van der Waals surface area contributed by atoms with E-state index in [0.29, 0.717) is 16.6 Å². The van der Waals surface area contributed by atoms with Gasteiger partial charge in [0, 0.05) is 28.2 Å². The molecular formula is C13H11BrF3N3O. The fourth-order valence-electron chi connectivity index (χ4n) is 1.87. The van der Waals surface area contributed by atoms with E-state index >= 15 is 0 Å². The minimum absolute atomic E-state index is 0.120. The van der Waals surface area contributed by atoms with Crippen molar-refractivity contribution in [1.29, 1.82) is 0 Å². The van der Waals surface area contributed by atoms with Gasteiger partial charge in [0.05, 0.1) is 5.56 Å². The van der Waals surface area contributed by atoms with Crippen LogP contribution in [0.2, 0.25) is 0 Å². The standard InChI is InChI=1S/C13H11BrF3N3O/c14-7-1-2-9(10(5-7)13(15,16)17)12-19-8(3-4-18)6-11(21)20-12/h1-2,5-6H,3-4,18H2,(H,19,20,21). The molecule has 0 aliphatic heterocycles. The molecule has 1 aromatic carbocycles. The average Bonchev–Trinajstić information content (AvgIpc) is 2.37. The summed E-state index contributed by atoms with van der Waals surface area (Å²) in [6, 6.07) is 4.89. The zero-order chi connectivity index (χ0) is 15.6. The van der Waals surface area contributed by atoms with Crippen molar-refractivity contribution in [2.45, 2.75) is 12.6 Å². The van der Waals surface area contributed by atoms with Crippen LogP contribution in [-0.4, -0.2) is 16.5 Å². The predicted molar refractivity (Wildman–Crippen MR) is 75.8 cm³/mol. The molecule has 1 heterocycles. The molecule has 1 aromatic heterocycles. The number of halogens is 4. The van der Waals surface area contributed by atoms with E-state index in [1.807, 2.05) is 0 Å². The normalized spacial score (nSPS) is 11.7. The second-order valence-electron chi connectivity index (χ2n) is 4.31. The number of rotatable bonds is 3. The van der Waals surface area contributed by atoms with Gasteiger partial charge < -0.3 is 10.7 Å². The number of benzene rings is 1. The van der Waals surface area contributed by atoms with Gasteiger partial charge in [-0.05, 0) is 24.7 Å². The first-order chi connectivity index (χ1) is 9.81. The fraction of sp³-hybridized carbons (Fsp3) is 0.231. The van der Waals surface area contributed by atoms with Crippen LogP contribution in [0.3, 0.4) is 0 Å². The number of aromatic nitrogens is 2. The number of hydrogen-bond acceptors (Lipinski definition) is 3. The molecular weight excluding hydrogens is 351 g/mol. The first kappa shape index (κ1) is 15.7. The van der Waals surface area contributed by atoms with Crippen LogP contribution in [0.1, 0.15) is 11.3 Å². The molecule has 0 amide bonds. The molecule has 2 aromatic rings. The van der Waals surface area contributed by atoms with Crippen molar-refractivity contribution in [3.63, 3.8) is 0 Å². The molecule has 3 N–H and O–H groups in total. The monoisotopic (exact) mass is 361 g/mol. The van der Waals surface area contributed by atoms with Gasteiger partial charge in [-0.1, -0.05) is 15.9 Å². The van der Waals surface area contributed by atoms with Crippen molar-refractivity contribution < 1.29 is 13.2 Å². The van der Waals surface area contributed by atoms with Gasteiger partial charge in [0.1, 0.15) is 5.82 Å². The largest absolute Gasteiger partial charge is 0.417 e. The van der Waals surface area contributed by atoms with Crippen molar-refractivity contribution in [2.75, 3.05) is 6.54 Å². The van der Waals surface area contributed by atoms with Gasteiger partial charge in [0.25, 0.3) is 5.56 Å². The minimum Gasteiger partial charge on any atom is -0.330 e. The first-order valence-electron chi connectivity index (χ1n) is 5.98. The Morgan fingerprint density at radius 1 is 1.29 bits per heavy atom. The maximum atomic E-state index is 13.1. The predicted octanol–water partition coefficient (Wildman–Crippen LogP) is 2.72. The van der Waals surface area contributed by atoms with Gasteiger partial charge in [0.15, 0.2) is 0 Å². The van der Waals surface area contributed by atoms with Crippen LogP contribution >= 0.6 is 15.9 Å². The van der Waals surface area contributed by atoms with Crippen LogP contribution in [0.15, 0.2) is 33.5 Å². The highest BCUT2D eigenvalue weighted by Gasteiger charge is 2.34. The van der Waals surface area contributed by atoms with Gasteiger partial charge in [-0.15, -0.1) is 0 Å². The lowest BCUT2D eigenvalue weighted by molar-refractivity contribution is -0.137. The van der Waals surface area contributed by atoms with Gasteiger partial charge in [0.2, 0.25) is 0 Å². The van der Waals surface area contributed by atoms with E-state index in [4.69, 9.17) is 5.73 Å². The molecule has 0 atom stereocenters. The Labute approximate surface area is 126 Å². The van der Waals surface area contributed by atoms with E-state index in [9.17, 15) is 18.0 Å². The van der Waals surface area contributed by atoms with E-state index in [1.165, 1.54) is 18.2 Å². The van der Waals surface area contributed by atoms with Gasteiger partial charge >= 0.3 is 6.18 Å². The molecule has 0 spiro atoms. The third-order valence-corrected chi connectivity index (χ3v) is 3.23. The van der Waals surface area contributed by atoms with E-state index in [-0.39, 0.29) is 17.9 Å². The van der Waals surface area contributed by atoms with E-state index in [1.54, 1.807) is 0 Å². The number of nitrogens with one attached hydrogen (secondary N) is 1. The highest BCUT2D eigenvalue weighted by Crippen LogP contribution is 2.37. The average molecular weight is 362 g/mol. The molecule has 0 saturated heterocycles. The summed E-state index contributed by atoms with van der Waals surface area (Å²) in [4.78, 5) is 17.9. The van der Waals surface area contributed by atoms with E-state index in [2.05, 4.69) is 25.9 Å². The van der Waals surface area contributed by atoms with E-state index < -0.39 is 17.3 Å². The molecule has 0 aliphatic carbocycles. The summed E-state index contributed by atoms with van der Waals surface area (Å²) in [7, 11) is 0. The molecule has 0 saturated carbocycles. The number of hydrogen-bond donors (Lipinski definition) is 2. The molecule has 0 aliphatic rings. The van der Waals surface area contributed by atoms with Crippen LogP contribution in [-0.2, 0) is 12.6 Å². The molecule has 0 unspecified atom stereocenters. The van der Waals surface area contributed by atoms with Crippen LogP contribution in [0, 0.1) is 0 Å². The van der Waals surface area contributed by atoms with E-state index in [0.717, 1.165) is 6.07 Å². The van der Waals surface area contributed by atoms with Crippen molar-refractivity contribution >= 4 is 15.9 Å². The lowest BCUT2D eigenvalue weighted by Gasteiger charge is -2.13. The fourth-order valence-corrected chi connectivity index (χ4v) is 2.23. The lowest BCUT2D eigenvalue weighted by Crippen LogP contribution is -2.15. The van der Waals surface area contributed by atoms with Crippen molar-refractivity contribution in [1.82, 2.24) is 9.97 Å². The van der Waals surface area contributed by atoms with Gasteiger partial charge in [-0.3, -0.25) is 4.79 Å². The summed E-state index contributed by atoms with van der Waals surface area (Å²) in [6.07, 6.45) is -4.24. The Morgan fingerprint density at radius 2 is 2.00 bits per heavy atom. The van der Waals surface area contributed by atoms with Gasteiger partial charge in [-0.2, -0.15) is 13.2 Å². The topological polar surface area (TPSA) is 71.8 Å². The first-order valence-corrected chi connectivity index (χ1v) is 6.78. The third kappa shape index (κ3) is 3.70. The summed E-state index contributed by atoms with van der Waals surface area (Å²) < 4.78 is 39.6. The van der Waals surface area contributed by atoms with Crippen molar-refractivity contribution in [2.24, 2.45) is 5.73 Å². The third-order valence-electron chi connectivity index (χ3n) is 2.74. The Balaban J connectivity index is 2.64. The Morgan fingerprint density at radius 3 is 2.62 bits per heavy atom.